The van der Waals surface area contributed by atoms with Crippen LogP contribution in [0.15, 0.2) is 52.5 Å². The van der Waals surface area contributed by atoms with Crippen LogP contribution in [0.4, 0.5) is 5.13 Å². The van der Waals surface area contributed by atoms with Gasteiger partial charge in [-0.25, -0.2) is 4.98 Å². The van der Waals surface area contributed by atoms with Gasteiger partial charge in [0.15, 0.2) is 10.9 Å². The molecule has 2 N–H and O–H groups in total. The number of aromatic nitrogens is 1. The number of thiazole rings is 1. The zero-order valence-corrected chi connectivity index (χ0v) is 15.1. The van der Waals surface area contributed by atoms with Gasteiger partial charge in [0.1, 0.15) is 11.9 Å². The van der Waals surface area contributed by atoms with Crippen LogP contribution in [0.25, 0.3) is 0 Å². The average Bonchev–Trinajstić information content (AvgIpc) is 3.40. The number of para-hydroxylation sites is 1. The molecule has 2 aromatic heterocycles. The Balaban J connectivity index is 1.24. The maximum Gasteiger partial charge on any atom is 0.293 e. The molecule has 1 atom stereocenters. The Hall–Kier alpha value is -3.13. The van der Waals surface area contributed by atoms with E-state index < -0.39 is 0 Å². The lowest BCUT2D eigenvalue weighted by molar-refractivity contribution is -0.120. The van der Waals surface area contributed by atoms with E-state index in [0.29, 0.717) is 17.4 Å². The fourth-order valence-corrected chi connectivity index (χ4v) is 3.54. The molecule has 2 amide bonds. The minimum Gasteiger partial charge on any atom is -0.488 e. The van der Waals surface area contributed by atoms with Crippen molar-refractivity contribution >= 4 is 28.3 Å². The van der Waals surface area contributed by atoms with Crippen LogP contribution in [-0.4, -0.2) is 29.4 Å². The van der Waals surface area contributed by atoms with Crippen LogP contribution in [0.2, 0.25) is 0 Å². The number of fused-ring (bicyclic) bond motifs is 1. The van der Waals surface area contributed by atoms with Crippen LogP contribution in [0, 0.1) is 0 Å². The van der Waals surface area contributed by atoms with E-state index in [-0.39, 0.29) is 30.1 Å². The van der Waals surface area contributed by atoms with E-state index in [0.717, 1.165) is 17.7 Å². The van der Waals surface area contributed by atoms with Crippen molar-refractivity contribution in [3.05, 3.63) is 65.1 Å². The highest BCUT2D eigenvalue weighted by atomic mass is 32.1. The van der Waals surface area contributed by atoms with Gasteiger partial charge >= 0.3 is 0 Å². The molecule has 4 rings (SSSR count). The van der Waals surface area contributed by atoms with E-state index in [1.165, 1.54) is 17.6 Å². The molecule has 1 unspecified atom stereocenters. The SMILES string of the molecule is O=C(Cc1csc(NC(=O)c2ccco2)n1)NCC1Cc2ccccc2O1. The van der Waals surface area contributed by atoms with Gasteiger partial charge < -0.3 is 14.5 Å². The third-order valence-electron chi connectivity index (χ3n) is 4.10. The number of nitrogens with zero attached hydrogens (tertiary/aromatic N) is 1. The van der Waals surface area contributed by atoms with Crippen LogP contribution in [0.5, 0.6) is 5.75 Å². The number of carbonyl (C=O) groups is 2. The number of nitrogens with one attached hydrogen (secondary N) is 2. The van der Waals surface area contributed by atoms with Gasteiger partial charge in [-0.2, -0.15) is 0 Å². The standard InChI is InChI=1S/C19H17N3O4S/c23-17(20-10-14-8-12-4-1-2-5-15(12)26-14)9-13-11-27-19(21-13)22-18(24)16-6-3-7-25-16/h1-7,11,14H,8-10H2,(H,20,23)(H,21,22,24). The number of ether oxygens (including phenoxy) is 1. The van der Waals surface area contributed by atoms with Gasteiger partial charge in [-0.05, 0) is 23.8 Å². The number of hydrogen-bond donors (Lipinski definition) is 2. The first-order chi connectivity index (χ1) is 13.2. The molecule has 8 heteroatoms. The minimum absolute atomic E-state index is 0.0510. The summed E-state index contributed by atoms with van der Waals surface area (Å²) in [5, 5.41) is 7.70. The smallest absolute Gasteiger partial charge is 0.293 e. The number of furan rings is 1. The lowest BCUT2D eigenvalue weighted by Crippen LogP contribution is -2.35. The number of rotatable bonds is 6. The van der Waals surface area contributed by atoms with Crippen molar-refractivity contribution in [1.82, 2.24) is 10.3 Å². The van der Waals surface area contributed by atoms with Crippen molar-refractivity contribution in [3.63, 3.8) is 0 Å². The highest BCUT2D eigenvalue weighted by molar-refractivity contribution is 7.14. The fraction of sp³-hybridized carbons (Fsp3) is 0.211. The highest BCUT2D eigenvalue weighted by Gasteiger charge is 2.22. The van der Waals surface area contributed by atoms with Gasteiger partial charge in [0, 0.05) is 11.8 Å². The Morgan fingerprint density at radius 1 is 1.22 bits per heavy atom. The quantitative estimate of drug-likeness (QED) is 0.683. The highest BCUT2D eigenvalue weighted by Crippen LogP contribution is 2.27. The molecule has 0 saturated carbocycles. The van der Waals surface area contributed by atoms with E-state index in [1.54, 1.807) is 17.5 Å². The summed E-state index contributed by atoms with van der Waals surface area (Å²) in [6.45, 7) is 0.444. The third-order valence-corrected chi connectivity index (χ3v) is 4.91. The van der Waals surface area contributed by atoms with Crippen molar-refractivity contribution in [3.8, 4) is 5.75 Å². The molecule has 3 aromatic rings. The predicted octanol–water partition coefficient (Wildman–Crippen LogP) is 2.65. The number of hydrogen-bond acceptors (Lipinski definition) is 6. The second-order valence-electron chi connectivity index (χ2n) is 6.11. The Bertz CT molecular complexity index is 927. The van der Waals surface area contributed by atoms with Gasteiger partial charge in [0.05, 0.1) is 24.9 Å². The normalized spacial score (nSPS) is 15.0. The Labute approximate surface area is 159 Å². The van der Waals surface area contributed by atoms with Gasteiger partial charge in [-0.15, -0.1) is 11.3 Å². The van der Waals surface area contributed by atoms with E-state index in [4.69, 9.17) is 9.15 Å². The molecule has 1 aliphatic rings. The maximum absolute atomic E-state index is 12.2. The van der Waals surface area contributed by atoms with Gasteiger partial charge in [-0.3, -0.25) is 14.9 Å². The van der Waals surface area contributed by atoms with Crippen LogP contribution in [0.1, 0.15) is 21.8 Å². The molecule has 0 bridgehead atoms. The van der Waals surface area contributed by atoms with Crippen LogP contribution < -0.4 is 15.4 Å². The second-order valence-corrected chi connectivity index (χ2v) is 6.97. The zero-order valence-electron chi connectivity index (χ0n) is 14.3. The van der Waals surface area contributed by atoms with Crippen molar-refractivity contribution in [2.45, 2.75) is 18.9 Å². The first kappa shape index (κ1) is 17.3. The predicted molar refractivity (Wildman–Crippen MR) is 100 cm³/mol. The van der Waals surface area contributed by atoms with E-state index in [1.807, 2.05) is 24.3 Å². The number of anilines is 1. The molecule has 7 nitrogen and oxygen atoms in total. The number of amides is 2. The molecule has 0 aliphatic carbocycles. The van der Waals surface area contributed by atoms with Gasteiger partial charge in [-0.1, -0.05) is 18.2 Å². The summed E-state index contributed by atoms with van der Waals surface area (Å²) in [4.78, 5) is 28.3. The summed E-state index contributed by atoms with van der Waals surface area (Å²) in [5.41, 5.74) is 1.76. The molecule has 0 spiro atoms. The molecule has 0 saturated heterocycles. The molecule has 138 valence electrons. The van der Waals surface area contributed by atoms with Crippen molar-refractivity contribution < 1.29 is 18.7 Å². The molecule has 3 heterocycles. The topological polar surface area (TPSA) is 93.5 Å². The lowest BCUT2D eigenvalue weighted by atomic mass is 10.1. The summed E-state index contributed by atoms with van der Waals surface area (Å²) in [5.74, 6) is 0.585. The van der Waals surface area contributed by atoms with Crippen molar-refractivity contribution in [1.29, 1.82) is 0 Å². The summed E-state index contributed by atoms with van der Waals surface area (Å²) in [7, 11) is 0. The van der Waals surface area contributed by atoms with Gasteiger partial charge in [0.25, 0.3) is 5.91 Å². The molecule has 27 heavy (non-hydrogen) atoms. The second kappa shape index (κ2) is 7.63. The van der Waals surface area contributed by atoms with Gasteiger partial charge in [0.2, 0.25) is 5.91 Å². The largest absolute Gasteiger partial charge is 0.488 e. The van der Waals surface area contributed by atoms with Crippen LogP contribution in [0.3, 0.4) is 0 Å². The molecular weight excluding hydrogens is 366 g/mol. The van der Waals surface area contributed by atoms with Crippen molar-refractivity contribution in [2.24, 2.45) is 0 Å². The maximum atomic E-state index is 12.2. The van der Waals surface area contributed by atoms with E-state index in [9.17, 15) is 9.59 Å². The molecule has 1 aromatic carbocycles. The molecular formula is C19H17N3O4S. The monoisotopic (exact) mass is 383 g/mol. The fourth-order valence-electron chi connectivity index (χ4n) is 2.83. The Morgan fingerprint density at radius 3 is 2.93 bits per heavy atom. The molecule has 0 radical (unpaired) electrons. The summed E-state index contributed by atoms with van der Waals surface area (Å²) in [6, 6.07) is 11.1. The minimum atomic E-state index is -0.372. The average molecular weight is 383 g/mol. The van der Waals surface area contributed by atoms with Crippen LogP contribution >= 0.6 is 11.3 Å². The molecule has 1 aliphatic heterocycles. The Morgan fingerprint density at radius 2 is 2.11 bits per heavy atom. The third kappa shape index (κ3) is 4.17. The van der Waals surface area contributed by atoms with Crippen LogP contribution in [-0.2, 0) is 17.6 Å². The number of benzene rings is 1. The first-order valence-electron chi connectivity index (χ1n) is 8.48. The Kier molecular flexibility index (Phi) is 4.88. The summed E-state index contributed by atoms with van der Waals surface area (Å²) >= 11 is 1.26. The zero-order chi connectivity index (χ0) is 18.6. The lowest BCUT2D eigenvalue weighted by Gasteiger charge is -2.11. The van der Waals surface area contributed by atoms with Crippen molar-refractivity contribution in [2.75, 3.05) is 11.9 Å². The summed E-state index contributed by atoms with van der Waals surface area (Å²) < 4.78 is 10.8. The summed E-state index contributed by atoms with van der Waals surface area (Å²) in [6.07, 6.45) is 2.31. The van der Waals surface area contributed by atoms with E-state index in [2.05, 4.69) is 15.6 Å². The van der Waals surface area contributed by atoms with E-state index >= 15 is 0 Å². The first-order valence-corrected chi connectivity index (χ1v) is 9.36. The number of carbonyl (C=O) groups excluding carboxylic acids is 2. The molecule has 0 fully saturated rings.